The van der Waals surface area contributed by atoms with E-state index in [9.17, 15) is 0 Å². The largest absolute Gasteiger partial charge is 0.389 e. The minimum atomic E-state index is 0.410. The monoisotopic (exact) mass is 263 g/mol. The molecule has 2 N–H and O–H groups in total. The quantitative estimate of drug-likeness (QED) is 0.829. The van der Waals surface area contributed by atoms with Crippen molar-refractivity contribution >= 4 is 23.0 Å². The predicted molar refractivity (Wildman–Crippen MR) is 80.1 cm³/mol. The molecule has 0 spiro atoms. The molecule has 0 aliphatic heterocycles. The Labute approximate surface area is 114 Å². The number of hydrogen-bond donors (Lipinski definition) is 1. The fourth-order valence-electron chi connectivity index (χ4n) is 2.07. The summed E-state index contributed by atoms with van der Waals surface area (Å²) in [6.45, 7) is 7.44. The summed E-state index contributed by atoms with van der Waals surface area (Å²) < 4.78 is 0. The molecular formula is C14H21N3S. The van der Waals surface area contributed by atoms with E-state index in [0.717, 1.165) is 29.5 Å². The van der Waals surface area contributed by atoms with Crippen molar-refractivity contribution in [1.82, 2.24) is 4.98 Å². The van der Waals surface area contributed by atoms with E-state index in [1.165, 1.54) is 12.8 Å². The second-order valence-electron chi connectivity index (χ2n) is 5.38. The van der Waals surface area contributed by atoms with Gasteiger partial charge in [0.15, 0.2) is 0 Å². The number of nitrogens with zero attached hydrogens (tertiary/aromatic N) is 2. The van der Waals surface area contributed by atoms with Gasteiger partial charge in [0.25, 0.3) is 0 Å². The minimum absolute atomic E-state index is 0.410. The summed E-state index contributed by atoms with van der Waals surface area (Å²) in [4.78, 5) is 7.42. The van der Waals surface area contributed by atoms with Crippen molar-refractivity contribution in [2.75, 3.05) is 11.4 Å². The highest BCUT2D eigenvalue weighted by molar-refractivity contribution is 7.80. The molecule has 1 aromatic rings. The van der Waals surface area contributed by atoms with Gasteiger partial charge in [-0.05, 0) is 51.7 Å². The molecule has 18 heavy (non-hydrogen) atoms. The lowest BCUT2D eigenvalue weighted by molar-refractivity contribution is 0.635. The Hall–Kier alpha value is -1.16. The molecular weight excluding hydrogens is 242 g/mol. The number of hydrogen-bond acceptors (Lipinski definition) is 3. The first-order chi connectivity index (χ1) is 8.49. The van der Waals surface area contributed by atoms with Gasteiger partial charge in [0.2, 0.25) is 0 Å². The van der Waals surface area contributed by atoms with E-state index < -0.39 is 0 Å². The van der Waals surface area contributed by atoms with Crippen molar-refractivity contribution in [1.29, 1.82) is 0 Å². The Bertz CT molecular complexity index is 452. The predicted octanol–water partition coefficient (Wildman–Crippen LogP) is 2.65. The molecule has 0 bridgehead atoms. The molecule has 1 aromatic heterocycles. The zero-order valence-corrected chi connectivity index (χ0v) is 12.1. The molecule has 0 unspecified atom stereocenters. The van der Waals surface area contributed by atoms with Crippen LogP contribution in [0.15, 0.2) is 12.1 Å². The van der Waals surface area contributed by atoms with Gasteiger partial charge in [0.05, 0.1) is 5.56 Å². The molecule has 0 radical (unpaired) electrons. The number of thiocarbonyl (C=S) groups is 1. The summed E-state index contributed by atoms with van der Waals surface area (Å²) in [5, 5.41) is 0. The maximum atomic E-state index is 5.81. The topological polar surface area (TPSA) is 42.1 Å². The Balaban J connectivity index is 2.37. The van der Waals surface area contributed by atoms with Crippen molar-refractivity contribution < 1.29 is 0 Å². The highest BCUT2D eigenvalue weighted by Crippen LogP contribution is 2.32. The first kappa shape index (κ1) is 13.3. The Morgan fingerprint density at radius 1 is 1.50 bits per heavy atom. The zero-order valence-electron chi connectivity index (χ0n) is 11.3. The first-order valence-electron chi connectivity index (χ1n) is 6.53. The van der Waals surface area contributed by atoms with E-state index >= 15 is 0 Å². The summed E-state index contributed by atoms with van der Waals surface area (Å²) in [5.74, 6) is 1.76. The van der Waals surface area contributed by atoms with Crippen molar-refractivity contribution in [3.8, 4) is 0 Å². The molecule has 1 fully saturated rings. The second-order valence-corrected chi connectivity index (χ2v) is 5.82. The summed E-state index contributed by atoms with van der Waals surface area (Å²) in [7, 11) is 0. The summed E-state index contributed by atoms with van der Waals surface area (Å²) in [5.41, 5.74) is 7.71. The molecule has 0 saturated heterocycles. The van der Waals surface area contributed by atoms with E-state index in [0.29, 0.717) is 11.0 Å². The SMILES string of the molecule is Cc1ccc(C(N)=S)c(N(CC2CC2)C(C)C)n1. The summed E-state index contributed by atoms with van der Waals surface area (Å²) in [6.07, 6.45) is 2.66. The lowest BCUT2D eigenvalue weighted by Gasteiger charge is -2.30. The number of pyridine rings is 1. The van der Waals surface area contributed by atoms with Gasteiger partial charge in [0, 0.05) is 18.3 Å². The number of anilines is 1. The van der Waals surface area contributed by atoms with E-state index in [4.69, 9.17) is 18.0 Å². The normalized spacial score (nSPS) is 14.9. The van der Waals surface area contributed by atoms with E-state index in [1.54, 1.807) is 0 Å². The number of nitrogens with two attached hydrogens (primary N) is 1. The first-order valence-corrected chi connectivity index (χ1v) is 6.94. The van der Waals surface area contributed by atoms with Crippen LogP contribution in [0.1, 0.15) is 37.9 Å². The van der Waals surface area contributed by atoms with Gasteiger partial charge in [-0.15, -0.1) is 0 Å². The lowest BCUT2D eigenvalue weighted by Crippen LogP contribution is -2.35. The average molecular weight is 263 g/mol. The fraction of sp³-hybridized carbons (Fsp3) is 0.571. The van der Waals surface area contributed by atoms with Crippen molar-refractivity contribution in [3.63, 3.8) is 0 Å². The molecule has 0 amide bonds. The van der Waals surface area contributed by atoms with Crippen LogP contribution in [-0.4, -0.2) is 22.6 Å². The minimum Gasteiger partial charge on any atom is -0.389 e. The van der Waals surface area contributed by atoms with Gasteiger partial charge in [-0.3, -0.25) is 0 Å². The van der Waals surface area contributed by atoms with Gasteiger partial charge < -0.3 is 10.6 Å². The van der Waals surface area contributed by atoms with Gasteiger partial charge >= 0.3 is 0 Å². The molecule has 1 saturated carbocycles. The number of aromatic nitrogens is 1. The van der Waals surface area contributed by atoms with Crippen molar-refractivity contribution in [3.05, 3.63) is 23.4 Å². The van der Waals surface area contributed by atoms with Crippen LogP contribution in [0.4, 0.5) is 5.82 Å². The Morgan fingerprint density at radius 3 is 2.67 bits per heavy atom. The molecule has 2 rings (SSSR count). The molecule has 98 valence electrons. The molecule has 4 heteroatoms. The van der Waals surface area contributed by atoms with Crippen molar-refractivity contribution in [2.24, 2.45) is 11.7 Å². The van der Waals surface area contributed by atoms with Crippen LogP contribution < -0.4 is 10.6 Å². The third kappa shape index (κ3) is 2.99. The number of aryl methyl sites for hydroxylation is 1. The second kappa shape index (κ2) is 5.22. The summed E-state index contributed by atoms with van der Waals surface area (Å²) >= 11 is 5.14. The third-order valence-electron chi connectivity index (χ3n) is 3.33. The van der Waals surface area contributed by atoms with Crippen LogP contribution in [0.2, 0.25) is 0 Å². The average Bonchev–Trinajstić information content (AvgIpc) is 3.08. The maximum absolute atomic E-state index is 5.81. The Kier molecular flexibility index (Phi) is 3.85. The van der Waals surface area contributed by atoms with Gasteiger partial charge in [-0.2, -0.15) is 0 Å². The highest BCUT2D eigenvalue weighted by atomic mass is 32.1. The highest BCUT2D eigenvalue weighted by Gasteiger charge is 2.27. The molecule has 1 heterocycles. The molecule has 0 atom stereocenters. The lowest BCUT2D eigenvalue weighted by atomic mass is 10.2. The third-order valence-corrected chi connectivity index (χ3v) is 3.55. The maximum Gasteiger partial charge on any atom is 0.139 e. The van der Waals surface area contributed by atoms with E-state index in [-0.39, 0.29) is 0 Å². The molecule has 1 aliphatic rings. The Morgan fingerprint density at radius 2 is 2.17 bits per heavy atom. The van der Waals surface area contributed by atoms with Crippen LogP contribution in [-0.2, 0) is 0 Å². The molecule has 3 nitrogen and oxygen atoms in total. The molecule has 1 aliphatic carbocycles. The van der Waals surface area contributed by atoms with Crippen LogP contribution in [0.25, 0.3) is 0 Å². The van der Waals surface area contributed by atoms with Gasteiger partial charge in [0.1, 0.15) is 10.8 Å². The van der Waals surface area contributed by atoms with E-state index in [2.05, 4.69) is 23.7 Å². The number of rotatable bonds is 5. The van der Waals surface area contributed by atoms with Gasteiger partial charge in [-0.1, -0.05) is 12.2 Å². The van der Waals surface area contributed by atoms with E-state index in [1.807, 2.05) is 19.1 Å². The fourth-order valence-corrected chi connectivity index (χ4v) is 2.23. The van der Waals surface area contributed by atoms with Crippen LogP contribution in [0, 0.1) is 12.8 Å². The summed E-state index contributed by atoms with van der Waals surface area (Å²) in [6, 6.07) is 4.36. The standard InChI is InChI=1S/C14H21N3S/c1-9(2)17(8-11-5-6-11)14-12(13(15)18)7-4-10(3)16-14/h4,7,9,11H,5-6,8H2,1-3H3,(H2,15,18). The van der Waals surface area contributed by atoms with Gasteiger partial charge in [-0.25, -0.2) is 4.98 Å². The molecule has 0 aromatic carbocycles. The van der Waals surface area contributed by atoms with Crippen LogP contribution >= 0.6 is 12.2 Å². The zero-order chi connectivity index (χ0) is 13.3. The smallest absolute Gasteiger partial charge is 0.139 e. The van der Waals surface area contributed by atoms with Crippen LogP contribution in [0.3, 0.4) is 0 Å². The van der Waals surface area contributed by atoms with Crippen molar-refractivity contribution in [2.45, 2.75) is 39.7 Å². The van der Waals surface area contributed by atoms with Crippen LogP contribution in [0.5, 0.6) is 0 Å².